The molecule has 6 nitrogen and oxygen atoms in total. The van der Waals surface area contributed by atoms with Crippen molar-refractivity contribution in [2.75, 3.05) is 13.1 Å². The standard InChI is InChI=1S/C21H21F3N4O2S/c1-13-11-27(12-20(2,3)30-13)19(29)17-25-18(16-8-5-9-31-16)28(26-17)15-7-4-6-14(10-15)21(22,23)24/h4-10,13H,11-12H2,1-3H3. The Labute approximate surface area is 181 Å². The molecule has 1 aliphatic rings. The largest absolute Gasteiger partial charge is 0.416 e. The lowest BCUT2D eigenvalue weighted by molar-refractivity contribution is -0.137. The molecule has 1 unspecified atom stereocenters. The van der Waals surface area contributed by atoms with Crippen molar-refractivity contribution in [2.24, 2.45) is 0 Å². The molecule has 31 heavy (non-hydrogen) atoms. The van der Waals surface area contributed by atoms with Gasteiger partial charge in [0.25, 0.3) is 5.91 Å². The molecule has 3 heterocycles. The van der Waals surface area contributed by atoms with Gasteiger partial charge in [-0.1, -0.05) is 12.1 Å². The van der Waals surface area contributed by atoms with Crippen LogP contribution >= 0.6 is 11.3 Å². The predicted octanol–water partition coefficient (Wildman–Crippen LogP) is 4.65. The van der Waals surface area contributed by atoms with Crippen LogP contribution in [0.3, 0.4) is 0 Å². The summed E-state index contributed by atoms with van der Waals surface area (Å²) in [7, 11) is 0. The molecular weight excluding hydrogens is 429 g/mol. The third-order valence-corrected chi connectivity index (χ3v) is 5.68. The van der Waals surface area contributed by atoms with E-state index in [0.29, 0.717) is 23.8 Å². The lowest BCUT2D eigenvalue weighted by Gasteiger charge is -2.41. The van der Waals surface area contributed by atoms with Gasteiger partial charge in [0.05, 0.1) is 27.8 Å². The zero-order valence-electron chi connectivity index (χ0n) is 17.2. The maximum absolute atomic E-state index is 13.2. The van der Waals surface area contributed by atoms with E-state index in [2.05, 4.69) is 10.1 Å². The zero-order valence-corrected chi connectivity index (χ0v) is 18.0. The van der Waals surface area contributed by atoms with Gasteiger partial charge in [0.1, 0.15) is 0 Å². The Hall–Kier alpha value is -2.72. The van der Waals surface area contributed by atoms with Crippen LogP contribution < -0.4 is 0 Å². The van der Waals surface area contributed by atoms with E-state index < -0.39 is 17.3 Å². The molecule has 164 valence electrons. The number of hydrogen-bond donors (Lipinski definition) is 0. The van der Waals surface area contributed by atoms with Crippen molar-refractivity contribution in [3.63, 3.8) is 0 Å². The molecule has 0 bridgehead atoms. The van der Waals surface area contributed by atoms with Gasteiger partial charge in [-0.05, 0) is 50.4 Å². The van der Waals surface area contributed by atoms with E-state index in [1.165, 1.54) is 28.2 Å². The first-order valence-corrected chi connectivity index (χ1v) is 10.6. The first-order chi connectivity index (χ1) is 14.5. The lowest BCUT2D eigenvalue weighted by atomic mass is 10.1. The Kier molecular flexibility index (Phi) is 5.38. The van der Waals surface area contributed by atoms with Gasteiger partial charge in [-0.2, -0.15) is 13.2 Å². The van der Waals surface area contributed by atoms with Crippen molar-refractivity contribution in [3.8, 4) is 16.4 Å². The molecular formula is C21H21F3N4O2S. The highest BCUT2D eigenvalue weighted by molar-refractivity contribution is 7.13. The highest BCUT2D eigenvalue weighted by Crippen LogP contribution is 2.32. The number of morpholine rings is 1. The zero-order chi connectivity index (χ0) is 22.4. The first kappa shape index (κ1) is 21.5. The van der Waals surface area contributed by atoms with Crippen LogP contribution in [-0.2, 0) is 10.9 Å². The van der Waals surface area contributed by atoms with Gasteiger partial charge in [0.15, 0.2) is 5.82 Å². The van der Waals surface area contributed by atoms with Crippen molar-refractivity contribution in [1.29, 1.82) is 0 Å². The molecule has 0 radical (unpaired) electrons. The number of amides is 1. The highest BCUT2D eigenvalue weighted by Gasteiger charge is 2.36. The Morgan fingerprint density at radius 3 is 2.68 bits per heavy atom. The van der Waals surface area contributed by atoms with Gasteiger partial charge < -0.3 is 9.64 Å². The van der Waals surface area contributed by atoms with Crippen LogP contribution in [-0.4, -0.2) is 50.4 Å². The molecule has 1 saturated heterocycles. The van der Waals surface area contributed by atoms with E-state index in [-0.39, 0.29) is 23.5 Å². The van der Waals surface area contributed by atoms with Crippen LogP contribution in [0.25, 0.3) is 16.4 Å². The Morgan fingerprint density at radius 2 is 2.03 bits per heavy atom. The van der Waals surface area contributed by atoms with Gasteiger partial charge in [-0.15, -0.1) is 16.4 Å². The average molecular weight is 450 g/mol. The number of carbonyl (C=O) groups excluding carboxylic acids is 1. The summed E-state index contributed by atoms with van der Waals surface area (Å²) in [4.78, 5) is 19.9. The third-order valence-electron chi connectivity index (χ3n) is 4.81. The highest BCUT2D eigenvalue weighted by atomic mass is 32.1. The molecule has 0 N–H and O–H groups in total. The molecule has 0 saturated carbocycles. The molecule has 2 aromatic heterocycles. The summed E-state index contributed by atoms with van der Waals surface area (Å²) < 4.78 is 46.8. The van der Waals surface area contributed by atoms with Gasteiger partial charge in [-0.3, -0.25) is 4.79 Å². The topological polar surface area (TPSA) is 60.2 Å². The van der Waals surface area contributed by atoms with E-state index in [9.17, 15) is 18.0 Å². The van der Waals surface area contributed by atoms with E-state index in [0.717, 1.165) is 12.1 Å². The van der Waals surface area contributed by atoms with E-state index >= 15 is 0 Å². The molecule has 10 heteroatoms. The number of carbonyl (C=O) groups is 1. The predicted molar refractivity (Wildman–Crippen MR) is 110 cm³/mol. The minimum atomic E-state index is -4.49. The Morgan fingerprint density at radius 1 is 1.26 bits per heavy atom. The maximum atomic E-state index is 13.2. The summed E-state index contributed by atoms with van der Waals surface area (Å²) in [6.07, 6.45) is -4.65. The van der Waals surface area contributed by atoms with Crippen LogP contribution in [0.2, 0.25) is 0 Å². The fourth-order valence-corrected chi connectivity index (χ4v) is 4.41. The molecule has 4 rings (SSSR count). The van der Waals surface area contributed by atoms with Crippen LogP contribution in [0.5, 0.6) is 0 Å². The first-order valence-electron chi connectivity index (χ1n) is 9.69. The number of rotatable bonds is 3. The molecule has 0 aliphatic carbocycles. The monoisotopic (exact) mass is 450 g/mol. The van der Waals surface area contributed by atoms with Gasteiger partial charge >= 0.3 is 6.18 Å². The molecule has 1 aliphatic heterocycles. The van der Waals surface area contributed by atoms with E-state index in [1.807, 2.05) is 26.2 Å². The number of hydrogen-bond acceptors (Lipinski definition) is 5. The second-order valence-corrected chi connectivity index (χ2v) is 9.02. The molecule has 3 aromatic rings. The van der Waals surface area contributed by atoms with Crippen LogP contribution in [0.15, 0.2) is 41.8 Å². The Bertz CT molecular complexity index is 1090. The SMILES string of the molecule is CC1CN(C(=O)c2nc(-c3cccs3)n(-c3cccc(C(F)(F)F)c3)n2)CC(C)(C)O1. The van der Waals surface area contributed by atoms with Crippen LogP contribution in [0, 0.1) is 0 Å². The van der Waals surface area contributed by atoms with Crippen LogP contribution in [0.1, 0.15) is 37.0 Å². The number of alkyl halides is 3. The van der Waals surface area contributed by atoms with Crippen molar-refractivity contribution in [2.45, 2.75) is 38.7 Å². The number of aromatic nitrogens is 3. The summed E-state index contributed by atoms with van der Waals surface area (Å²) in [5, 5.41) is 6.15. The summed E-state index contributed by atoms with van der Waals surface area (Å²) in [5.41, 5.74) is -1.14. The maximum Gasteiger partial charge on any atom is 0.416 e. The molecule has 0 spiro atoms. The van der Waals surface area contributed by atoms with Gasteiger partial charge in [0.2, 0.25) is 5.82 Å². The Balaban J connectivity index is 1.76. The van der Waals surface area contributed by atoms with Crippen molar-refractivity contribution < 1.29 is 22.7 Å². The number of thiophene rings is 1. The van der Waals surface area contributed by atoms with Crippen molar-refractivity contribution in [3.05, 3.63) is 53.2 Å². The summed E-state index contributed by atoms with van der Waals surface area (Å²) in [5.74, 6) is -0.129. The second-order valence-electron chi connectivity index (χ2n) is 8.07. The average Bonchev–Trinajstić information content (AvgIpc) is 3.35. The summed E-state index contributed by atoms with van der Waals surface area (Å²) in [6.45, 7) is 6.42. The fraction of sp³-hybridized carbons (Fsp3) is 0.381. The fourth-order valence-electron chi connectivity index (χ4n) is 3.71. The molecule has 1 amide bonds. The second kappa shape index (κ2) is 7.76. The van der Waals surface area contributed by atoms with Crippen LogP contribution in [0.4, 0.5) is 13.2 Å². The van der Waals surface area contributed by atoms with Gasteiger partial charge in [0, 0.05) is 13.1 Å². The smallest absolute Gasteiger partial charge is 0.369 e. The normalized spacial score (nSPS) is 18.9. The lowest BCUT2D eigenvalue weighted by Crippen LogP contribution is -2.54. The van der Waals surface area contributed by atoms with Gasteiger partial charge in [-0.25, -0.2) is 9.67 Å². The number of halogens is 3. The quantitative estimate of drug-likeness (QED) is 0.583. The summed E-state index contributed by atoms with van der Waals surface area (Å²) in [6, 6.07) is 8.40. The van der Waals surface area contributed by atoms with Crippen molar-refractivity contribution >= 4 is 17.2 Å². The molecule has 1 atom stereocenters. The van der Waals surface area contributed by atoms with Crippen molar-refractivity contribution in [1.82, 2.24) is 19.7 Å². The number of nitrogens with zero attached hydrogens (tertiary/aromatic N) is 4. The third kappa shape index (κ3) is 4.49. The summed E-state index contributed by atoms with van der Waals surface area (Å²) >= 11 is 1.36. The number of ether oxygens (including phenoxy) is 1. The minimum absolute atomic E-state index is 0.0642. The van der Waals surface area contributed by atoms with E-state index in [4.69, 9.17) is 4.74 Å². The van der Waals surface area contributed by atoms with E-state index in [1.54, 1.807) is 17.0 Å². The molecule has 1 fully saturated rings. The minimum Gasteiger partial charge on any atom is -0.369 e. The molecule has 1 aromatic carbocycles. The number of benzene rings is 1.